The molecule has 0 aromatic carbocycles. The van der Waals surface area contributed by atoms with Crippen molar-refractivity contribution < 1.29 is 9.59 Å². The summed E-state index contributed by atoms with van der Waals surface area (Å²) in [7, 11) is 0. The summed E-state index contributed by atoms with van der Waals surface area (Å²) in [5.41, 5.74) is 1.05. The first-order valence-electron chi connectivity index (χ1n) is 6.03. The summed E-state index contributed by atoms with van der Waals surface area (Å²) < 4.78 is 0.937. The Morgan fingerprint density at radius 1 is 1.63 bits per heavy atom. The Kier molecular flexibility index (Phi) is 4.62. The van der Waals surface area contributed by atoms with E-state index in [2.05, 4.69) is 20.9 Å². The van der Waals surface area contributed by atoms with Crippen LogP contribution in [0, 0.1) is 12.8 Å². The van der Waals surface area contributed by atoms with Crippen molar-refractivity contribution in [1.82, 2.24) is 4.98 Å². The third kappa shape index (κ3) is 3.57. The highest BCUT2D eigenvalue weighted by Gasteiger charge is 2.31. The molecule has 1 aliphatic rings. The monoisotopic (exact) mass is 342 g/mol. The first-order valence-corrected chi connectivity index (χ1v) is 7.81. The van der Waals surface area contributed by atoms with E-state index in [0.717, 1.165) is 10.0 Å². The minimum absolute atomic E-state index is 0.0865. The molecule has 2 heterocycles. The summed E-state index contributed by atoms with van der Waals surface area (Å²) in [5, 5.41) is 0.100. The number of hydrogen-bond donors (Lipinski definition) is 0. The van der Waals surface area contributed by atoms with Crippen molar-refractivity contribution >= 4 is 44.5 Å². The molecule has 1 aromatic rings. The average molecular weight is 343 g/mol. The molecule has 1 unspecified atom stereocenters. The topological polar surface area (TPSA) is 50.3 Å². The Labute approximate surface area is 125 Å². The standard InChI is InChI=1S/C13H15BrN2O2S/c1-8-3-12(15-5-11(8)14)16-6-10(4-13(16)18)7-19-9(2)17/h3,5,10H,4,6-7H2,1-2H3. The van der Waals surface area contributed by atoms with Crippen LogP contribution in [0.2, 0.25) is 0 Å². The van der Waals surface area contributed by atoms with E-state index in [0.29, 0.717) is 24.5 Å². The molecule has 0 N–H and O–H groups in total. The predicted octanol–water partition coefficient (Wildman–Crippen LogP) is 2.79. The zero-order valence-electron chi connectivity index (χ0n) is 10.9. The van der Waals surface area contributed by atoms with Crippen molar-refractivity contribution in [2.75, 3.05) is 17.2 Å². The quantitative estimate of drug-likeness (QED) is 0.847. The van der Waals surface area contributed by atoms with E-state index >= 15 is 0 Å². The maximum atomic E-state index is 12.0. The van der Waals surface area contributed by atoms with Gasteiger partial charge in [0.05, 0.1) is 0 Å². The van der Waals surface area contributed by atoms with Crippen molar-refractivity contribution in [2.24, 2.45) is 5.92 Å². The van der Waals surface area contributed by atoms with Crippen LogP contribution >= 0.6 is 27.7 Å². The first-order chi connectivity index (χ1) is 8.97. The maximum absolute atomic E-state index is 12.0. The summed E-state index contributed by atoms with van der Waals surface area (Å²) in [5.74, 6) is 1.71. The SMILES string of the molecule is CC(=O)SCC1CC(=O)N(c2cc(C)c(Br)cn2)C1. The van der Waals surface area contributed by atoms with Gasteiger partial charge in [-0.3, -0.25) is 14.5 Å². The summed E-state index contributed by atoms with van der Waals surface area (Å²) in [4.78, 5) is 29.0. The molecular weight excluding hydrogens is 328 g/mol. The lowest BCUT2D eigenvalue weighted by Gasteiger charge is -2.16. The van der Waals surface area contributed by atoms with Gasteiger partial charge in [-0.25, -0.2) is 4.98 Å². The number of aryl methyl sites for hydroxylation is 1. The number of carbonyl (C=O) groups excluding carboxylic acids is 2. The van der Waals surface area contributed by atoms with Gasteiger partial charge in [0.25, 0.3) is 0 Å². The van der Waals surface area contributed by atoms with E-state index in [4.69, 9.17) is 0 Å². The van der Waals surface area contributed by atoms with Crippen LogP contribution < -0.4 is 4.90 Å². The van der Waals surface area contributed by atoms with E-state index in [1.165, 1.54) is 11.8 Å². The summed E-state index contributed by atoms with van der Waals surface area (Å²) in [6.45, 7) is 4.17. The lowest BCUT2D eigenvalue weighted by atomic mass is 10.1. The van der Waals surface area contributed by atoms with E-state index in [1.54, 1.807) is 18.0 Å². The lowest BCUT2D eigenvalue weighted by Crippen LogP contribution is -2.25. The van der Waals surface area contributed by atoms with Gasteiger partial charge in [-0.15, -0.1) is 0 Å². The van der Waals surface area contributed by atoms with Gasteiger partial charge in [0, 0.05) is 36.3 Å². The van der Waals surface area contributed by atoms with Crippen LogP contribution in [-0.4, -0.2) is 28.3 Å². The first kappa shape index (κ1) is 14.5. The number of anilines is 1. The van der Waals surface area contributed by atoms with Gasteiger partial charge in [0.15, 0.2) is 5.12 Å². The number of rotatable bonds is 3. The number of pyridine rings is 1. The summed E-state index contributed by atoms with van der Waals surface area (Å²) >= 11 is 4.69. The van der Waals surface area contributed by atoms with Gasteiger partial charge in [0.1, 0.15) is 5.82 Å². The number of halogens is 1. The van der Waals surface area contributed by atoms with Gasteiger partial charge in [-0.05, 0) is 40.4 Å². The van der Waals surface area contributed by atoms with Gasteiger partial charge in [-0.2, -0.15) is 0 Å². The molecule has 102 valence electrons. The molecule has 1 aromatic heterocycles. The molecule has 1 fully saturated rings. The van der Waals surface area contributed by atoms with E-state index in [1.807, 2.05) is 13.0 Å². The number of hydrogen-bond acceptors (Lipinski definition) is 4. The van der Waals surface area contributed by atoms with Gasteiger partial charge >= 0.3 is 0 Å². The van der Waals surface area contributed by atoms with Crippen LogP contribution in [0.4, 0.5) is 5.82 Å². The van der Waals surface area contributed by atoms with Crippen molar-refractivity contribution in [1.29, 1.82) is 0 Å². The van der Waals surface area contributed by atoms with Gasteiger partial charge in [0.2, 0.25) is 5.91 Å². The van der Waals surface area contributed by atoms with Crippen LogP contribution in [0.25, 0.3) is 0 Å². The fourth-order valence-electron chi connectivity index (χ4n) is 2.02. The van der Waals surface area contributed by atoms with Crippen molar-refractivity contribution in [2.45, 2.75) is 20.3 Å². The Morgan fingerprint density at radius 3 is 3.00 bits per heavy atom. The Morgan fingerprint density at radius 2 is 2.37 bits per heavy atom. The fraction of sp³-hybridized carbons (Fsp3) is 0.462. The number of thioether (sulfide) groups is 1. The molecule has 0 bridgehead atoms. The third-order valence-corrected chi connectivity index (χ3v) is 4.91. The zero-order chi connectivity index (χ0) is 14.0. The molecule has 6 heteroatoms. The Bertz CT molecular complexity index is 521. The van der Waals surface area contributed by atoms with Crippen molar-refractivity contribution in [3.63, 3.8) is 0 Å². The van der Waals surface area contributed by atoms with Crippen LogP contribution in [0.5, 0.6) is 0 Å². The molecule has 0 saturated carbocycles. The summed E-state index contributed by atoms with van der Waals surface area (Å²) in [6, 6.07) is 1.91. The number of aromatic nitrogens is 1. The number of nitrogens with zero attached hydrogens (tertiary/aromatic N) is 2. The molecule has 4 nitrogen and oxygen atoms in total. The molecule has 2 rings (SSSR count). The molecule has 1 aliphatic heterocycles. The molecular formula is C13H15BrN2O2S. The van der Waals surface area contributed by atoms with E-state index in [9.17, 15) is 9.59 Å². The highest BCUT2D eigenvalue weighted by atomic mass is 79.9. The van der Waals surface area contributed by atoms with Crippen LogP contribution in [0.1, 0.15) is 18.9 Å². The number of carbonyl (C=O) groups is 2. The van der Waals surface area contributed by atoms with Crippen molar-refractivity contribution in [3.05, 3.63) is 22.3 Å². The molecule has 1 atom stereocenters. The fourth-order valence-corrected chi connectivity index (χ4v) is 2.93. The van der Waals surface area contributed by atoms with Crippen LogP contribution in [0.3, 0.4) is 0 Å². The second kappa shape index (κ2) is 6.05. The van der Waals surface area contributed by atoms with Crippen molar-refractivity contribution in [3.8, 4) is 0 Å². The highest BCUT2D eigenvalue weighted by Crippen LogP contribution is 2.28. The second-order valence-corrected chi connectivity index (χ2v) is 6.72. The van der Waals surface area contributed by atoms with E-state index < -0.39 is 0 Å². The van der Waals surface area contributed by atoms with Crippen LogP contribution in [0.15, 0.2) is 16.7 Å². The van der Waals surface area contributed by atoms with Gasteiger partial charge in [-0.1, -0.05) is 11.8 Å². The zero-order valence-corrected chi connectivity index (χ0v) is 13.3. The highest BCUT2D eigenvalue weighted by molar-refractivity contribution is 9.10. The largest absolute Gasteiger partial charge is 0.296 e. The molecule has 19 heavy (non-hydrogen) atoms. The normalized spacial score (nSPS) is 19.0. The molecule has 1 amide bonds. The molecule has 0 spiro atoms. The average Bonchev–Trinajstić information content (AvgIpc) is 2.72. The third-order valence-electron chi connectivity index (χ3n) is 3.04. The molecule has 0 radical (unpaired) electrons. The molecule has 0 aliphatic carbocycles. The van der Waals surface area contributed by atoms with E-state index in [-0.39, 0.29) is 16.9 Å². The lowest BCUT2D eigenvalue weighted by molar-refractivity contribution is -0.117. The Hall–Kier alpha value is -0.880. The predicted molar refractivity (Wildman–Crippen MR) is 80.3 cm³/mol. The Balaban J connectivity index is 2.07. The number of amides is 1. The second-order valence-electron chi connectivity index (χ2n) is 4.67. The van der Waals surface area contributed by atoms with Crippen LogP contribution in [-0.2, 0) is 9.59 Å². The molecule has 1 saturated heterocycles. The van der Waals surface area contributed by atoms with Gasteiger partial charge < -0.3 is 0 Å². The summed E-state index contributed by atoms with van der Waals surface area (Å²) in [6.07, 6.45) is 2.21. The smallest absolute Gasteiger partial charge is 0.228 e. The minimum atomic E-state index is 0.0865. The minimum Gasteiger partial charge on any atom is -0.296 e. The maximum Gasteiger partial charge on any atom is 0.228 e.